The Morgan fingerprint density at radius 2 is 2.09 bits per heavy atom. The first kappa shape index (κ1) is 15.2. The van der Waals surface area contributed by atoms with Crippen molar-refractivity contribution in [2.24, 2.45) is 7.05 Å². The van der Waals surface area contributed by atoms with Crippen LogP contribution in [0.1, 0.15) is 16.1 Å². The van der Waals surface area contributed by atoms with Gasteiger partial charge in [0.2, 0.25) is 0 Å². The molecule has 7 nitrogen and oxygen atoms in total. The number of para-hydroxylation sites is 1. The van der Waals surface area contributed by atoms with Crippen LogP contribution in [-0.2, 0) is 7.05 Å². The van der Waals surface area contributed by atoms with Crippen LogP contribution in [0.4, 0.5) is 5.82 Å². The van der Waals surface area contributed by atoms with Gasteiger partial charge < -0.3 is 5.32 Å². The van der Waals surface area contributed by atoms with Gasteiger partial charge in [-0.05, 0) is 34.7 Å². The summed E-state index contributed by atoms with van der Waals surface area (Å²) >= 11 is 2.04. The van der Waals surface area contributed by atoms with Crippen LogP contribution < -0.4 is 5.32 Å². The monoisotopic (exact) mass is 418 g/mol. The maximum absolute atomic E-state index is 12.5. The second kappa shape index (κ2) is 6.21. The molecule has 0 aliphatic carbocycles. The van der Waals surface area contributed by atoms with E-state index in [4.69, 9.17) is 0 Å². The number of nitrogens with zero attached hydrogens (tertiary/aromatic N) is 5. The van der Waals surface area contributed by atoms with Crippen LogP contribution in [0.5, 0.6) is 0 Å². The van der Waals surface area contributed by atoms with Crippen molar-refractivity contribution in [2.45, 2.75) is 0 Å². The molecule has 23 heavy (non-hydrogen) atoms. The van der Waals surface area contributed by atoms with E-state index in [2.05, 4.69) is 15.5 Å². The van der Waals surface area contributed by atoms with Crippen molar-refractivity contribution >= 4 is 34.3 Å². The molecule has 0 spiro atoms. The molecule has 1 N–H and O–H groups in total. The fourth-order valence-electron chi connectivity index (χ4n) is 2.10. The number of carbonyl (C=O) groups is 1. The molecule has 0 saturated carbocycles. The molecule has 0 aliphatic heterocycles. The highest BCUT2D eigenvalue weighted by atomic mass is 127. The van der Waals surface area contributed by atoms with Gasteiger partial charge in [-0.15, -0.1) is 0 Å². The van der Waals surface area contributed by atoms with Gasteiger partial charge in [0.15, 0.2) is 11.5 Å². The quantitative estimate of drug-likeness (QED) is 0.662. The Kier molecular flexibility index (Phi) is 4.12. The zero-order valence-electron chi connectivity index (χ0n) is 12.1. The highest BCUT2D eigenvalue weighted by molar-refractivity contribution is 14.1. The van der Waals surface area contributed by atoms with Crippen molar-refractivity contribution in [3.63, 3.8) is 0 Å². The van der Waals surface area contributed by atoms with E-state index in [-0.39, 0.29) is 11.5 Å². The zero-order chi connectivity index (χ0) is 16.4. The number of benzene rings is 1. The number of hydrogen-bond acceptors (Lipinski definition) is 4. The Morgan fingerprint density at radius 1 is 1.35 bits per heavy atom. The highest BCUT2D eigenvalue weighted by Gasteiger charge is 2.19. The van der Waals surface area contributed by atoms with Crippen LogP contribution >= 0.6 is 22.6 Å². The first-order valence-corrected chi connectivity index (χ1v) is 7.72. The highest BCUT2D eigenvalue weighted by Crippen LogP contribution is 2.21. The minimum Gasteiger partial charge on any atom is -0.304 e. The Balaban J connectivity index is 2.00. The van der Waals surface area contributed by atoms with E-state index in [9.17, 15) is 10.1 Å². The van der Waals surface area contributed by atoms with E-state index in [1.54, 1.807) is 17.9 Å². The molecule has 3 rings (SSSR count). The number of amides is 1. The number of nitrogens with one attached hydrogen (secondary N) is 1. The molecular weight excluding hydrogens is 407 g/mol. The topological polar surface area (TPSA) is 88.5 Å². The molecule has 2 aromatic heterocycles. The number of nitriles is 1. The lowest BCUT2D eigenvalue weighted by molar-refractivity contribution is 0.102. The molecule has 8 heteroatoms. The number of rotatable bonds is 3. The van der Waals surface area contributed by atoms with Gasteiger partial charge in [0.25, 0.3) is 5.91 Å². The smallest absolute Gasteiger partial charge is 0.278 e. The Bertz CT molecular complexity index is 906. The molecule has 0 radical (unpaired) electrons. The van der Waals surface area contributed by atoms with Gasteiger partial charge in [0.1, 0.15) is 11.6 Å². The third-order valence-corrected chi connectivity index (χ3v) is 3.91. The second-order valence-corrected chi connectivity index (χ2v) is 5.88. The third kappa shape index (κ3) is 2.95. The molecule has 2 heterocycles. The molecule has 0 aliphatic rings. The van der Waals surface area contributed by atoms with Crippen LogP contribution in [-0.4, -0.2) is 25.5 Å². The molecule has 0 fully saturated rings. The lowest BCUT2D eigenvalue weighted by Gasteiger charge is -2.08. The van der Waals surface area contributed by atoms with Crippen LogP contribution in [0.2, 0.25) is 0 Å². The summed E-state index contributed by atoms with van der Waals surface area (Å²) in [5.41, 5.74) is 1.34. The van der Waals surface area contributed by atoms with Gasteiger partial charge in [-0.3, -0.25) is 9.48 Å². The summed E-state index contributed by atoms with van der Waals surface area (Å²) in [6.07, 6.45) is 3.17. The average molecular weight is 418 g/mol. The zero-order valence-corrected chi connectivity index (χ0v) is 14.2. The van der Waals surface area contributed by atoms with E-state index in [1.807, 2.05) is 59.0 Å². The summed E-state index contributed by atoms with van der Waals surface area (Å²) in [6.45, 7) is 0. The summed E-state index contributed by atoms with van der Waals surface area (Å²) in [6, 6.07) is 11.3. The predicted octanol–water partition coefficient (Wildman–Crippen LogP) is 2.33. The number of anilines is 1. The minimum atomic E-state index is -0.385. The summed E-state index contributed by atoms with van der Waals surface area (Å²) in [5.74, 6) is -0.0608. The Labute approximate surface area is 145 Å². The standard InChI is InChI=1S/C15H11IN6O/c1-21-9-12(16)13(20-21)15(23)19-14-10(7-17)8-18-22(14)11-5-3-2-4-6-11/h2-6,8-9H,1H3,(H,19,23). The molecule has 0 bridgehead atoms. The first-order chi connectivity index (χ1) is 11.1. The van der Waals surface area contributed by atoms with Crippen molar-refractivity contribution in [1.82, 2.24) is 19.6 Å². The van der Waals surface area contributed by atoms with Crippen molar-refractivity contribution in [3.8, 4) is 11.8 Å². The lowest BCUT2D eigenvalue weighted by atomic mass is 10.3. The van der Waals surface area contributed by atoms with Crippen molar-refractivity contribution in [2.75, 3.05) is 5.32 Å². The SMILES string of the molecule is Cn1cc(I)c(C(=O)Nc2c(C#N)cnn2-c2ccccc2)n1. The Hall–Kier alpha value is -2.67. The molecular formula is C15H11IN6O. The van der Waals surface area contributed by atoms with E-state index in [0.29, 0.717) is 11.5 Å². The average Bonchev–Trinajstić information content (AvgIpc) is 3.10. The van der Waals surface area contributed by atoms with Crippen LogP contribution in [0, 0.1) is 14.9 Å². The number of halogens is 1. The maximum Gasteiger partial charge on any atom is 0.278 e. The van der Waals surface area contributed by atoms with Crippen molar-refractivity contribution in [1.29, 1.82) is 5.26 Å². The summed E-state index contributed by atoms with van der Waals surface area (Å²) in [4.78, 5) is 12.5. The molecule has 3 aromatic rings. The normalized spacial score (nSPS) is 10.3. The van der Waals surface area contributed by atoms with Gasteiger partial charge in [-0.2, -0.15) is 15.5 Å². The minimum absolute atomic E-state index is 0.285. The summed E-state index contributed by atoms with van der Waals surface area (Å²) < 4.78 is 3.81. The van der Waals surface area contributed by atoms with E-state index in [0.717, 1.165) is 9.26 Å². The fourth-order valence-corrected chi connectivity index (χ4v) is 2.85. The number of aryl methyl sites for hydroxylation is 1. The largest absolute Gasteiger partial charge is 0.304 e. The molecule has 0 atom stereocenters. The third-order valence-electron chi connectivity index (χ3n) is 3.12. The number of aromatic nitrogens is 4. The lowest BCUT2D eigenvalue weighted by Crippen LogP contribution is -2.17. The van der Waals surface area contributed by atoms with Gasteiger partial charge >= 0.3 is 0 Å². The van der Waals surface area contributed by atoms with E-state index in [1.165, 1.54) is 10.9 Å². The maximum atomic E-state index is 12.5. The molecule has 0 unspecified atom stereocenters. The molecule has 1 amide bonds. The van der Waals surface area contributed by atoms with Crippen molar-refractivity contribution in [3.05, 3.63) is 57.6 Å². The van der Waals surface area contributed by atoms with Crippen LogP contribution in [0.25, 0.3) is 5.69 Å². The van der Waals surface area contributed by atoms with E-state index < -0.39 is 0 Å². The van der Waals surface area contributed by atoms with Gasteiger partial charge in [0, 0.05) is 13.2 Å². The fraction of sp³-hybridized carbons (Fsp3) is 0.0667. The van der Waals surface area contributed by atoms with Gasteiger partial charge in [-0.25, -0.2) is 4.68 Å². The summed E-state index contributed by atoms with van der Waals surface area (Å²) in [5, 5.41) is 20.3. The number of carbonyl (C=O) groups excluding carboxylic acids is 1. The first-order valence-electron chi connectivity index (χ1n) is 6.64. The molecule has 114 valence electrons. The van der Waals surface area contributed by atoms with Crippen LogP contribution in [0.3, 0.4) is 0 Å². The van der Waals surface area contributed by atoms with E-state index >= 15 is 0 Å². The van der Waals surface area contributed by atoms with Gasteiger partial charge in [0.05, 0.1) is 15.5 Å². The van der Waals surface area contributed by atoms with Crippen LogP contribution in [0.15, 0.2) is 42.7 Å². The molecule has 0 saturated heterocycles. The summed E-state index contributed by atoms with van der Waals surface area (Å²) in [7, 11) is 1.74. The number of hydrogen-bond donors (Lipinski definition) is 1. The predicted molar refractivity (Wildman–Crippen MR) is 92.2 cm³/mol. The second-order valence-electron chi connectivity index (χ2n) is 4.72. The Morgan fingerprint density at radius 3 is 2.70 bits per heavy atom. The van der Waals surface area contributed by atoms with Crippen molar-refractivity contribution < 1.29 is 4.79 Å². The van der Waals surface area contributed by atoms with Gasteiger partial charge in [-0.1, -0.05) is 18.2 Å². The molecule has 1 aromatic carbocycles.